The summed E-state index contributed by atoms with van der Waals surface area (Å²) in [5.41, 5.74) is 7.03. The van der Waals surface area contributed by atoms with Gasteiger partial charge < -0.3 is 16.4 Å². The summed E-state index contributed by atoms with van der Waals surface area (Å²) in [5, 5.41) is 6.51. The summed E-state index contributed by atoms with van der Waals surface area (Å²) in [4.78, 5) is 11.8. The van der Waals surface area contributed by atoms with Crippen LogP contribution in [0, 0.1) is 5.92 Å². The van der Waals surface area contributed by atoms with E-state index in [2.05, 4.69) is 24.5 Å². The molecule has 1 aromatic rings. The van der Waals surface area contributed by atoms with E-state index in [1.165, 1.54) is 0 Å². The Morgan fingerprint density at radius 2 is 2.15 bits per heavy atom. The molecule has 20 heavy (non-hydrogen) atoms. The molecule has 0 spiro atoms. The van der Waals surface area contributed by atoms with Gasteiger partial charge in [0.05, 0.1) is 5.02 Å². The quantitative estimate of drug-likeness (QED) is 0.677. The van der Waals surface area contributed by atoms with Crippen molar-refractivity contribution in [3.05, 3.63) is 28.8 Å². The van der Waals surface area contributed by atoms with E-state index in [-0.39, 0.29) is 10.9 Å². The molecular formula is C14H20ClN3OS. The fraction of sp³-hybridized carbons (Fsp3) is 0.429. The summed E-state index contributed by atoms with van der Waals surface area (Å²) in [6.45, 7) is 5.37. The zero-order valence-electron chi connectivity index (χ0n) is 11.7. The van der Waals surface area contributed by atoms with E-state index in [4.69, 9.17) is 29.6 Å². The summed E-state index contributed by atoms with van der Waals surface area (Å²) >= 11 is 10.9. The zero-order valence-corrected chi connectivity index (χ0v) is 13.3. The molecule has 1 aromatic carbocycles. The first-order chi connectivity index (χ1) is 9.40. The maximum atomic E-state index is 11.5. The Balaban J connectivity index is 2.41. The van der Waals surface area contributed by atoms with E-state index in [1.807, 2.05) is 6.07 Å². The molecule has 4 N–H and O–H groups in total. The first kappa shape index (κ1) is 16.7. The number of amides is 1. The van der Waals surface area contributed by atoms with Crippen LogP contribution in [0.1, 0.15) is 25.8 Å². The van der Waals surface area contributed by atoms with Crippen LogP contribution in [0.5, 0.6) is 0 Å². The lowest BCUT2D eigenvalue weighted by atomic mass is 10.2. The minimum absolute atomic E-state index is 0.0389. The van der Waals surface area contributed by atoms with Crippen molar-refractivity contribution in [3.8, 4) is 0 Å². The summed E-state index contributed by atoms with van der Waals surface area (Å²) in [5.74, 6) is 0.496. The van der Waals surface area contributed by atoms with Gasteiger partial charge in [-0.1, -0.05) is 37.7 Å². The highest BCUT2D eigenvalue weighted by atomic mass is 35.5. The summed E-state index contributed by atoms with van der Waals surface area (Å²) in [6.07, 6.45) is 0.418. The van der Waals surface area contributed by atoms with Gasteiger partial charge in [-0.2, -0.15) is 0 Å². The molecule has 4 nitrogen and oxygen atoms in total. The Labute approximate surface area is 130 Å². The van der Waals surface area contributed by atoms with Crippen LogP contribution < -0.4 is 16.4 Å². The van der Waals surface area contributed by atoms with Crippen molar-refractivity contribution in [3.63, 3.8) is 0 Å². The topological polar surface area (TPSA) is 67.2 Å². The third-order valence-electron chi connectivity index (χ3n) is 2.62. The lowest BCUT2D eigenvalue weighted by molar-refractivity contribution is -0.120. The molecule has 0 aliphatic rings. The first-order valence-corrected chi connectivity index (χ1v) is 7.28. The molecule has 0 radical (unpaired) electrons. The number of nitrogens with one attached hydrogen (secondary N) is 2. The number of halogens is 1. The van der Waals surface area contributed by atoms with Crippen LogP contribution in [0.15, 0.2) is 18.2 Å². The zero-order chi connectivity index (χ0) is 15.1. The largest absolute Gasteiger partial charge is 0.389 e. The summed E-state index contributed by atoms with van der Waals surface area (Å²) in [6, 6.07) is 5.36. The molecule has 1 amide bonds. The maximum Gasteiger partial charge on any atom is 0.221 e. The highest BCUT2D eigenvalue weighted by molar-refractivity contribution is 7.80. The molecule has 0 unspecified atom stereocenters. The molecule has 0 heterocycles. The minimum atomic E-state index is 0.0389. The van der Waals surface area contributed by atoms with Crippen molar-refractivity contribution in [1.29, 1.82) is 0 Å². The van der Waals surface area contributed by atoms with Crippen LogP contribution in [0.2, 0.25) is 5.02 Å². The fourth-order valence-corrected chi connectivity index (χ4v) is 2.07. The number of rotatable bonds is 7. The van der Waals surface area contributed by atoms with E-state index >= 15 is 0 Å². The lowest BCUT2D eigenvalue weighted by Gasteiger charge is -2.10. The van der Waals surface area contributed by atoms with Crippen LogP contribution in [-0.4, -0.2) is 24.0 Å². The Morgan fingerprint density at radius 1 is 1.45 bits per heavy atom. The van der Waals surface area contributed by atoms with Crippen LogP contribution in [-0.2, 0) is 4.79 Å². The second kappa shape index (κ2) is 8.07. The molecule has 0 aliphatic heterocycles. The van der Waals surface area contributed by atoms with E-state index < -0.39 is 0 Å². The van der Waals surface area contributed by atoms with Gasteiger partial charge in [-0.15, -0.1) is 0 Å². The minimum Gasteiger partial charge on any atom is -0.389 e. The fourth-order valence-electron chi connectivity index (χ4n) is 1.55. The van der Waals surface area contributed by atoms with Crippen LogP contribution in [0.3, 0.4) is 0 Å². The third-order valence-corrected chi connectivity index (χ3v) is 3.16. The summed E-state index contributed by atoms with van der Waals surface area (Å²) < 4.78 is 0. The number of thiocarbonyl (C=S) groups is 1. The third kappa shape index (κ3) is 5.75. The Morgan fingerprint density at radius 3 is 2.70 bits per heavy atom. The van der Waals surface area contributed by atoms with Crippen LogP contribution in [0.25, 0.3) is 0 Å². The van der Waals surface area contributed by atoms with E-state index in [0.717, 1.165) is 5.69 Å². The van der Waals surface area contributed by atoms with Crippen molar-refractivity contribution in [1.82, 2.24) is 5.32 Å². The molecule has 0 fully saturated rings. The van der Waals surface area contributed by atoms with E-state index in [9.17, 15) is 4.79 Å². The smallest absolute Gasteiger partial charge is 0.221 e. The Bertz CT molecular complexity index is 491. The van der Waals surface area contributed by atoms with E-state index in [1.54, 1.807) is 12.1 Å². The summed E-state index contributed by atoms with van der Waals surface area (Å²) in [7, 11) is 0. The predicted octanol–water partition coefficient (Wildman–Crippen LogP) is 2.55. The van der Waals surface area contributed by atoms with Gasteiger partial charge in [-0.25, -0.2) is 0 Å². The van der Waals surface area contributed by atoms with Gasteiger partial charge in [0.25, 0.3) is 0 Å². The molecule has 6 heteroatoms. The maximum absolute atomic E-state index is 11.5. The van der Waals surface area contributed by atoms with Crippen molar-refractivity contribution >= 4 is 40.4 Å². The second-order valence-corrected chi connectivity index (χ2v) is 5.78. The van der Waals surface area contributed by atoms with Gasteiger partial charge in [-0.3, -0.25) is 4.79 Å². The predicted molar refractivity (Wildman–Crippen MR) is 88.3 cm³/mol. The SMILES string of the molecule is CC(C)CNC(=O)CCNc1ccc(C(N)=S)c(Cl)c1. The van der Waals surface area contributed by atoms with Gasteiger partial charge in [0.1, 0.15) is 4.99 Å². The van der Waals surface area contributed by atoms with Gasteiger partial charge in [0.2, 0.25) is 5.91 Å². The molecule has 0 saturated heterocycles. The lowest BCUT2D eigenvalue weighted by Crippen LogP contribution is -2.28. The molecule has 0 aromatic heterocycles. The number of hydrogen-bond donors (Lipinski definition) is 3. The second-order valence-electron chi connectivity index (χ2n) is 4.93. The number of anilines is 1. The molecule has 0 aliphatic carbocycles. The van der Waals surface area contributed by atoms with E-state index in [0.29, 0.717) is 36.0 Å². The average molecular weight is 314 g/mol. The molecule has 110 valence electrons. The Hall–Kier alpha value is -1.33. The van der Waals surface area contributed by atoms with Gasteiger partial charge >= 0.3 is 0 Å². The highest BCUT2D eigenvalue weighted by Gasteiger charge is 2.05. The van der Waals surface area contributed by atoms with Gasteiger partial charge in [0, 0.05) is 30.8 Å². The van der Waals surface area contributed by atoms with Crippen molar-refractivity contribution in [2.24, 2.45) is 11.7 Å². The molecule has 0 bridgehead atoms. The van der Waals surface area contributed by atoms with Crippen molar-refractivity contribution in [2.75, 3.05) is 18.4 Å². The normalized spacial score (nSPS) is 10.4. The van der Waals surface area contributed by atoms with Crippen LogP contribution >= 0.6 is 23.8 Å². The number of carbonyl (C=O) groups is 1. The molecule has 0 saturated carbocycles. The standard InChI is InChI=1S/C14H20ClN3OS/c1-9(2)8-18-13(19)5-6-17-10-3-4-11(14(16)20)12(15)7-10/h3-4,7,9,17H,5-6,8H2,1-2H3,(H2,16,20)(H,18,19). The Kier molecular flexibility index (Phi) is 6.75. The monoisotopic (exact) mass is 313 g/mol. The van der Waals surface area contributed by atoms with Crippen molar-refractivity contribution < 1.29 is 4.79 Å². The molecule has 1 rings (SSSR count). The highest BCUT2D eigenvalue weighted by Crippen LogP contribution is 2.20. The van der Waals surface area contributed by atoms with Crippen molar-refractivity contribution in [2.45, 2.75) is 20.3 Å². The number of carbonyl (C=O) groups excluding carboxylic acids is 1. The van der Waals surface area contributed by atoms with Crippen LogP contribution in [0.4, 0.5) is 5.69 Å². The number of hydrogen-bond acceptors (Lipinski definition) is 3. The molecular weight excluding hydrogens is 294 g/mol. The number of benzene rings is 1. The molecule has 0 atom stereocenters. The van der Waals surface area contributed by atoms with Gasteiger partial charge in [0.15, 0.2) is 0 Å². The first-order valence-electron chi connectivity index (χ1n) is 6.50. The number of nitrogens with two attached hydrogens (primary N) is 1. The van der Waals surface area contributed by atoms with Gasteiger partial charge in [-0.05, 0) is 24.1 Å². The average Bonchev–Trinajstić information content (AvgIpc) is 2.36.